The van der Waals surface area contributed by atoms with Gasteiger partial charge in [0.15, 0.2) is 0 Å². The van der Waals surface area contributed by atoms with Crippen LogP contribution in [-0.4, -0.2) is 50.1 Å². The van der Waals surface area contributed by atoms with Gasteiger partial charge in [0, 0.05) is 30.3 Å². The number of anilines is 1. The Morgan fingerprint density at radius 3 is 2.42 bits per heavy atom. The predicted octanol–water partition coefficient (Wildman–Crippen LogP) is 1.99. The summed E-state index contributed by atoms with van der Waals surface area (Å²) < 4.78 is 26.9. The van der Waals surface area contributed by atoms with E-state index in [1.54, 1.807) is 30.0 Å². The zero-order valence-corrected chi connectivity index (χ0v) is 17.9. The van der Waals surface area contributed by atoms with Crippen molar-refractivity contribution in [3.05, 3.63) is 60.2 Å². The van der Waals surface area contributed by atoms with Crippen LogP contribution in [-0.2, 0) is 19.6 Å². The first-order valence-electron chi connectivity index (χ1n) is 10.2. The van der Waals surface area contributed by atoms with Crippen LogP contribution in [0.4, 0.5) is 5.69 Å². The second-order valence-corrected chi connectivity index (χ2v) is 9.36. The van der Waals surface area contributed by atoms with Gasteiger partial charge < -0.3 is 10.2 Å². The van der Waals surface area contributed by atoms with Gasteiger partial charge in [-0.3, -0.25) is 19.3 Å². The number of amidine groups is 1. The van der Waals surface area contributed by atoms with Crippen LogP contribution >= 0.6 is 0 Å². The molecule has 2 N–H and O–H groups in total. The summed E-state index contributed by atoms with van der Waals surface area (Å²) in [7, 11) is -3.64. The summed E-state index contributed by atoms with van der Waals surface area (Å²) in [4.78, 5) is 31.6. The molecule has 1 saturated heterocycles. The van der Waals surface area contributed by atoms with E-state index in [0.29, 0.717) is 31.5 Å². The molecule has 31 heavy (non-hydrogen) atoms. The molecule has 0 radical (unpaired) electrons. The summed E-state index contributed by atoms with van der Waals surface area (Å²) in [6.45, 7) is 2.57. The Labute approximate surface area is 181 Å². The van der Waals surface area contributed by atoms with Gasteiger partial charge in [0.25, 0.3) is 10.0 Å². The lowest BCUT2D eigenvalue weighted by molar-refractivity contribution is -0.135. The molecule has 1 fully saturated rings. The van der Waals surface area contributed by atoms with E-state index in [2.05, 4.69) is 15.0 Å². The molecule has 2 amide bonds. The monoisotopic (exact) mass is 440 g/mol. The van der Waals surface area contributed by atoms with Gasteiger partial charge in [-0.25, -0.2) is 8.42 Å². The normalized spacial score (nSPS) is 20.0. The number of hydrogen-bond acceptors (Lipinski definition) is 5. The summed E-state index contributed by atoms with van der Waals surface area (Å²) in [5.41, 5.74) is 1.23. The van der Waals surface area contributed by atoms with E-state index in [9.17, 15) is 18.0 Å². The van der Waals surface area contributed by atoms with Crippen LogP contribution in [0.1, 0.15) is 25.3 Å². The van der Waals surface area contributed by atoms with Gasteiger partial charge in [-0.1, -0.05) is 30.3 Å². The molecule has 8 nitrogen and oxygen atoms in total. The Balaban J connectivity index is 1.37. The number of nitrogens with zero attached hydrogens (tertiary/aromatic N) is 2. The highest BCUT2D eigenvalue weighted by Crippen LogP contribution is 2.24. The van der Waals surface area contributed by atoms with Crippen molar-refractivity contribution in [2.75, 3.05) is 18.4 Å². The molecule has 0 spiro atoms. The average Bonchev–Trinajstić information content (AvgIpc) is 3.04. The molecule has 0 bridgehead atoms. The third-order valence-corrected chi connectivity index (χ3v) is 6.96. The molecule has 2 heterocycles. The maximum Gasteiger partial charge on any atom is 0.263 e. The summed E-state index contributed by atoms with van der Waals surface area (Å²) in [6.07, 6.45) is 1.15. The summed E-state index contributed by atoms with van der Waals surface area (Å²) in [6, 6.07) is 15.1. The maximum atomic E-state index is 12.9. The Morgan fingerprint density at radius 1 is 1.06 bits per heavy atom. The topological polar surface area (TPSA) is 108 Å². The Bertz CT molecular complexity index is 1120. The van der Waals surface area contributed by atoms with E-state index < -0.39 is 16.1 Å². The van der Waals surface area contributed by atoms with Crippen molar-refractivity contribution in [1.82, 2.24) is 9.62 Å². The third kappa shape index (κ3) is 4.46. The molecule has 2 aromatic rings. The van der Waals surface area contributed by atoms with Crippen LogP contribution < -0.4 is 10.0 Å². The number of sulfonamides is 1. The molecule has 1 atom stereocenters. The van der Waals surface area contributed by atoms with Crippen LogP contribution in [0.25, 0.3) is 0 Å². The molecular formula is C22H24N4O4S. The fourth-order valence-corrected chi connectivity index (χ4v) is 5.11. The van der Waals surface area contributed by atoms with Crippen molar-refractivity contribution in [3.63, 3.8) is 0 Å². The first-order valence-corrected chi connectivity index (χ1v) is 11.7. The zero-order valence-electron chi connectivity index (χ0n) is 17.1. The summed E-state index contributed by atoms with van der Waals surface area (Å²) in [5, 5.41) is 2.91. The number of benzene rings is 2. The Morgan fingerprint density at radius 2 is 1.71 bits per heavy atom. The fourth-order valence-electron chi connectivity index (χ4n) is 3.87. The molecule has 0 unspecified atom stereocenters. The fraction of sp³-hybridized carbons (Fsp3) is 0.318. The minimum absolute atomic E-state index is 0.0384. The number of hydrogen-bond donors (Lipinski definition) is 2. The van der Waals surface area contributed by atoms with Gasteiger partial charge in [-0.05, 0) is 44.0 Å². The van der Waals surface area contributed by atoms with Crippen LogP contribution in [0.3, 0.4) is 0 Å². The minimum Gasteiger partial charge on any atom is -0.341 e. The van der Waals surface area contributed by atoms with E-state index in [0.717, 1.165) is 5.69 Å². The van der Waals surface area contributed by atoms with Crippen LogP contribution in [0.15, 0.2) is 64.5 Å². The number of likely N-dealkylation sites (tertiary alicyclic amines) is 1. The van der Waals surface area contributed by atoms with Gasteiger partial charge in [0.1, 0.15) is 11.9 Å². The molecule has 162 valence electrons. The van der Waals surface area contributed by atoms with Crippen molar-refractivity contribution in [3.8, 4) is 0 Å². The third-order valence-electron chi connectivity index (χ3n) is 5.56. The van der Waals surface area contributed by atoms with Gasteiger partial charge >= 0.3 is 0 Å². The highest BCUT2D eigenvalue weighted by Gasteiger charge is 2.33. The van der Waals surface area contributed by atoms with E-state index in [1.165, 1.54) is 6.07 Å². The number of carbonyl (C=O) groups excluding carboxylic acids is 2. The number of carbonyl (C=O) groups is 2. The van der Waals surface area contributed by atoms with E-state index in [1.807, 2.05) is 30.3 Å². The van der Waals surface area contributed by atoms with Crippen LogP contribution in [0.2, 0.25) is 0 Å². The Hall–Kier alpha value is -3.20. The van der Waals surface area contributed by atoms with Crippen molar-refractivity contribution in [2.24, 2.45) is 10.9 Å². The number of amides is 2. The molecule has 2 aliphatic rings. The summed E-state index contributed by atoms with van der Waals surface area (Å²) in [5.74, 6) is -0.186. The molecule has 4 rings (SSSR count). The molecule has 0 saturated carbocycles. The van der Waals surface area contributed by atoms with Crippen molar-refractivity contribution in [1.29, 1.82) is 0 Å². The number of para-hydroxylation sites is 1. The number of aliphatic imine (C=N–C) groups is 1. The molecule has 2 aliphatic heterocycles. The predicted molar refractivity (Wildman–Crippen MR) is 117 cm³/mol. The smallest absolute Gasteiger partial charge is 0.263 e. The number of piperidine rings is 1. The van der Waals surface area contributed by atoms with Crippen LogP contribution in [0, 0.1) is 5.92 Å². The highest BCUT2D eigenvalue weighted by atomic mass is 32.2. The van der Waals surface area contributed by atoms with Crippen molar-refractivity contribution >= 4 is 33.4 Å². The van der Waals surface area contributed by atoms with Crippen molar-refractivity contribution in [2.45, 2.75) is 30.7 Å². The number of fused-ring (bicyclic) bond motifs is 1. The maximum absolute atomic E-state index is 12.9. The zero-order chi connectivity index (χ0) is 22.0. The average molecular weight is 441 g/mol. The van der Waals surface area contributed by atoms with Crippen molar-refractivity contribution < 1.29 is 18.0 Å². The van der Waals surface area contributed by atoms with E-state index in [-0.39, 0.29) is 28.5 Å². The largest absolute Gasteiger partial charge is 0.341 e. The number of rotatable bonds is 4. The molecule has 0 aromatic heterocycles. The van der Waals surface area contributed by atoms with Gasteiger partial charge in [0.2, 0.25) is 11.8 Å². The van der Waals surface area contributed by atoms with E-state index >= 15 is 0 Å². The second kappa shape index (κ2) is 8.50. The molecule has 2 aromatic carbocycles. The molecule has 0 aliphatic carbocycles. The standard InChI is InChI=1S/C22H24N4O4S/c1-15(23-20-18-9-5-6-10-19(18)31(29,30)25-20)22(28)26-13-11-16(12-14-26)21(27)24-17-7-3-2-4-8-17/h2-10,15-16H,11-14H2,1H3,(H,23,25)(H,24,27)/t15-/m0/s1. The van der Waals surface area contributed by atoms with Crippen LogP contribution in [0.5, 0.6) is 0 Å². The Kier molecular flexibility index (Phi) is 5.77. The first-order chi connectivity index (χ1) is 14.8. The minimum atomic E-state index is -3.64. The van der Waals surface area contributed by atoms with E-state index in [4.69, 9.17) is 0 Å². The lowest BCUT2D eigenvalue weighted by Crippen LogP contribution is -2.45. The highest BCUT2D eigenvalue weighted by molar-refractivity contribution is 7.90. The lowest BCUT2D eigenvalue weighted by Gasteiger charge is -2.32. The lowest BCUT2D eigenvalue weighted by atomic mass is 9.95. The molecular weight excluding hydrogens is 416 g/mol. The number of nitrogens with one attached hydrogen (secondary N) is 2. The van der Waals surface area contributed by atoms with Gasteiger partial charge in [0.05, 0.1) is 4.90 Å². The summed E-state index contributed by atoms with van der Waals surface area (Å²) >= 11 is 0. The van der Waals surface area contributed by atoms with Gasteiger partial charge in [-0.15, -0.1) is 0 Å². The van der Waals surface area contributed by atoms with Gasteiger partial charge in [-0.2, -0.15) is 0 Å². The second-order valence-electron chi connectivity index (χ2n) is 7.71. The quantitative estimate of drug-likeness (QED) is 0.758. The first kappa shape index (κ1) is 21.0. The SMILES string of the molecule is C[C@H](N=C1NS(=O)(=O)c2ccccc21)C(=O)N1CCC(C(=O)Nc2ccccc2)CC1. The molecule has 9 heteroatoms.